The van der Waals surface area contributed by atoms with E-state index in [9.17, 15) is 9.59 Å². The summed E-state index contributed by atoms with van der Waals surface area (Å²) in [7, 11) is 0. The van der Waals surface area contributed by atoms with Crippen LogP contribution in [0.4, 0.5) is 4.79 Å². The van der Waals surface area contributed by atoms with E-state index in [0.29, 0.717) is 21.3 Å². The molecule has 0 saturated carbocycles. The Bertz CT molecular complexity index is 801. The molecule has 122 valence electrons. The van der Waals surface area contributed by atoms with E-state index >= 15 is 0 Å². The number of nitrogens with one attached hydrogen (secondary N) is 2. The summed E-state index contributed by atoms with van der Waals surface area (Å²) in [5, 5.41) is 6.51. The second-order valence-electron chi connectivity index (χ2n) is 5.50. The standard InChI is InChI=1S/C18H14Cl2N2O2/c1-10-15(17(23)12-4-8-14(20)9-5-12)16(22-18(24)21-10)11-2-6-13(19)7-3-11/h2-9,15-16H,1H2,(H2,21,22,24)/t15-,16-/m1/s1. The van der Waals surface area contributed by atoms with Gasteiger partial charge in [0.15, 0.2) is 5.78 Å². The Labute approximate surface area is 149 Å². The van der Waals surface area contributed by atoms with Crippen LogP contribution in [0.25, 0.3) is 0 Å². The molecular formula is C18H14Cl2N2O2. The van der Waals surface area contributed by atoms with Gasteiger partial charge in [-0.3, -0.25) is 4.79 Å². The molecule has 2 aromatic rings. The van der Waals surface area contributed by atoms with Crippen LogP contribution in [0.3, 0.4) is 0 Å². The molecule has 1 heterocycles. The molecule has 2 N–H and O–H groups in total. The molecule has 6 heteroatoms. The molecule has 1 aliphatic heterocycles. The molecule has 24 heavy (non-hydrogen) atoms. The molecule has 0 bridgehead atoms. The molecule has 4 nitrogen and oxygen atoms in total. The normalized spacial score (nSPS) is 20.2. The second kappa shape index (κ2) is 6.67. The van der Waals surface area contributed by atoms with Gasteiger partial charge >= 0.3 is 6.03 Å². The monoisotopic (exact) mass is 360 g/mol. The maximum Gasteiger partial charge on any atom is 0.319 e. The fourth-order valence-electron chi connectivity index (χ4n) is 2.73. The Balaban J connectivity index is 1.98. The molecule has 0 unspecified atom stereocenters. The van der Waals surface area contributed by atoms with E-state index in [4.69, 9.17) is 23.2 Å². The molecule has 1 fully saturated rings. The largest absolute Gasteiger partial charge is 0.330 e. The molecule has 3 rings (SSSR count). The van der Waals surface area contributed by atoms with Crippen molar-refractivity contribution >= 4 is 35.0 Å². The molecule has 0 aliphatic carbocycles. The highest BCUT2D eigenvalue weighted by Gasteiger charge is 2.37. The lowest BCUT2D eigenvalue weighted by Crippen LogP contribution is -2.50. The Morgan fingerprint density at radius 2 is 1.50 bits per heavy atom. The predicted molar refractivity (Wildman–Crippen MR) is 94.3 cm³/mol. The van der Waals surface area contributed by atoms with Crippen LogP contribution in [0.15, 0.2) is 60.8 Å². The Hall–Kier alpha value is -2.30. The number of halogens is 2. The summed E-state index contributed by atoms with van der Waals surface area (Å²) in [5.41, 5.74) is 1.64. The average Bonchev–Trinajstić information content (AvgIpc) is 2.55. The SMILES string of the molecule is C=C1NC(=O)N[C@H](c2ccc(Cl)cc2)[C@@H]1C(=O)c1ccc(Cl)cc1. The minimum absolute atomic E-state index is 0.149. The van der Waals surface area contributed by atoms with Crippen molar-refractivity contribution in [2.45, 2.75) is 6.04 Å². The Kier molecular flexibility index (Phi) is 4.60. The van der Waals surface area contributed by atoms with Crippen molar-refractivity contribution in [1.82, 2.24) is 10.6 Å². The van der Waals surface area contributed by atoms with Gasteiger partial charge in [0.2, 0.25) is 0 Å². The topological polar surface area (TPSA) is 58.2 Å². The summed E-state index contributed by atoms with van der Waals surface area (Å²) >= 11 is 11.8. The lowest BCUT2D eigenvalue weighted by atomic mass is 9.83. The number of ketones is 1. The van der Waals surface area contributed by atoms with Gasteiger partial charge < -0.3 is 10.6 Å². The van der Waals surface area contributed by atoms with Crippen LogP contribution in [0.1, 0.15) is 22.0 Å². The zero-order valence-corrected chi connectivity index (χ0v) is 14.1. The van der Waals surface area contributed by atoms with Crippen LogP contribution in [0.2, 0.25) is 10.0 Å². The van der Waals surface area contributed by atoms with Crippen molar-refractivity contribution in [3.05, 3.63) is 82.0 Å². The molecule has 0 aromatic heterocycles. The molecule has 1 saturated heterocycles. The number of carbonyl (C=O) groups excluding carboxylic acids is 2. The van der Waals surface area contributed by atoms with E-state index in [1.165, 1.54) is 0 Å². The summed E-state index contributed by atoms with van der Waals surface area (Å²) in [4.78, 5) is 24.8. The summed E-state index contributed by atoms with van der Waals surface area (Å²) in [5.74, 6) is -0.783. The Morgan fingerprint density at radius 3 is 2.08 bits per heavy atom. The van der Waals surface area contributed by atoms with Crippen LogP contribution in [0.5, 0.6) is 0 Å². The third-order valence-corrected chi connectivity index (χ3v) is 4.41. The summed E-state index contributed by atoms with van der Waals surface area (Å²) in [6, 6.07) is 12.7. The van der Waals surface area contributed by atoms with Crippen molar-refractivity contribution in [1.29, 1.82) is 0 Å². The smallest absolute Gasteiger partial charge is 0.319 e. The third kappa shape index (κ3) is 3.30. The van der Waals surface area contributed by atoms with Crippen molar-refractivity contribution < 1.29 is 9.59 Å². The first-order valence-electron chi connectivity index (χ1n) is 7.27. The predicted octanol–water partition coefficient (Wildman–Crippen LogP) is 4.36. The first-order valence-corrected chi connectivity index (χ1v) is 8.03. The molecule has 0 spiro atoms. The highest BCUT2D eigenvalue weighted by atomic mass is 35.5. The van der Waals surface area contributed by atoms with Gasteiger partial charge in [0, 0.05) is 21.3 Å². The number of hydrogen-bond acceptors (Lipinski definition) is 2. The Morgan fingerprint density at radius 1 is 0.958 bits per heavy atom. The lowest BCUT2D eigenvalue weighted by molar-refractivity contribution is 0.0905. The highest BCUT2D eigenvalue weighted by molar-refractivity contribution is 6.30. The fourth-order valence-corrected chi connectivity index (χ4v) is 2.99. The number of carbonyl (C=O) groups is 2. The van der Waals surface area contributed by atoms with Crippen molar-refractivity contribution in [3.8, 4) is 0 Å². The average molecular weight is 361 g/mol. The van der Waals surface area contributed by atoms with Gasteiger partial charge in [-0.15, -0.1) is 0 Å². The van der Waals surface area contributed by atoms with Crippen molar-refractivity contribution in [3.63, 3.8) is 0 Å². The van der Waals surface area contributed by atoms with Gasteiger partial charge in [-0.05, 0) is 42.0 Å². The fraction of sp³-hybridized carbons (Fsp3) is 0.111. The molecular weight excluding hydrogens is 347 g/mol. The minimum atomic E-state index is -0.634. The van der Waals surface area contributed by atoms with Gasteiger partial charge in [0.25, 0.3) is 0 Å². The quantitative estimate of drug-likeness (QED) is 0.798. The summed E-state index contributed by atoms with van der Waals surface area (Å²) in [6.45, 7) is 3.86. The van der Waals surface area contributed by atoms with Crippen LogP contribution in [-0.2, 0) is 0 Å². The number of rotatable bonds is 3. The third-order valence-electron chi connectivity index (χ3n) is 3.91. The van der Waals surface area contributed by atoms with Gasteiger partial charge in [-0.2, -0.15) is 0 Å². The zero-order chi connectivity index (χ0) is 17.3. The van der Waals surface area contributed by atoms with Crippen LogP contribution >= 0.6 is 23.2 Å². The van der Waals surface area contributed by atoms with E-state index in [1.807, 2.05) is 0 Å². The molecule has 1 aliphatic rings. The van der Waals surface area contributed by atoms with Gasteiger partial charge in [-0.25, -0.2) is 4.79 Å². The number of urea groups is 1. The first kappa shape index (κ1) is 16.6. The maximum atomic E-state index is 13.0. The number of amides is 2. The van der Waals surface area contributed by atoms with Gasteiger partial charge in [0.05, 0.1) is 12.0 Å². The van der Waals surface area contributed by atoms with Gasteiger partial charge in [0.1, 0.15) is 0 Å². The number of hydrogen-bond donors (Lipinski definition) is 2. The van der Waals surface area contributed by atoms with E-state index in [0.717, 1.165) is 5.56 Å². The highest BCUT2D eigenvalue weighted by Crippen LogP contribution is 2.32. The maximum absolute atomic E-state index is 13.0. The molecule has 0 radical (unpaired) electrons. The lowest BCUT2D eigenvalue weighted by Gasteiger charge is -2.34. The second-order valence-corrected chi connectivity index (χ2v) is 6.37. The number of Topliss-reactive ketones (excluding diaryl/α,β-unsaturated/α-hetero) is 1. The van der Waals surface area contributed by atoms with Gasteiger partial charge in [-0.1, -0.05) is 41.9 Å². The number of benzene rings is 2. The summed E-state index contributed by atoms with van der Waals surface area (Å²) in [6.07, 6.45) is 0. The molecule has 2 aromatic carbocycles. The molecule has 2 atom stereocenters. The van der Waals surface area contributed by atoms with Crippen LogP contribution < -0.4 is 10.6 Å². The van der Waals surface area contributed by atoms with E-state index in [-0.39, 0.29) is 11.8 Å². The van der Waals surface area contributed by atoms with E-state index in [1.54, 1.807) is 48.5 Å². The first-order chi connectivity index (χ1) is 11.5. The van der Waals surface area contributed by atoms with E-state index < -0.39 is 12.0 Å². The van der Waals surface area contributed by atoms with Crippen LogP contribution in [0, 0.1) is 5.92 Å². The van der Waals surface area contributed by atoms with Crippen molar-refractivity contribution in [2.75, 3.05) is 0 Å². The minimum Gasteiger partial charge on any atom is -0.330 e. The summed E-state index contributed by atoms with van der Waals surface area (Å²) < 4.78 is 0. The zero-order valence-electron chi connectivity index (χ0n) is 12.6. The van der Waals surface area contributed by atoms with E-state index in [2.05, 4.69) is 17.2 Å². The van der Waals surface area contributed by atoms with Crippen molar-refractivity contribution in [2.24, 2.45) is 5.92 Å². The van der Waals surface area contributed by atoms with Crippen LogP contribution in [-0.4, -0.2) is 11.8 Å². The molecule has 2 amide bonds.